The maximum atomic E-state index is 11.5. The second-order valence-electron chi connectivity index (χ2n) is 3.71. The Labute approximate surface area is 89.2 Å². The quantitative estimate of drug-likeness (QED) is 0.708. The van der Waals surface area contributed by atoms with Crippen LogP contribution in [0.25, 0.3) is 0 Å². The molecular weight excluding hydrogens is 194 g/mol. The molecule has 1 heterocycles. The molecule has 82 valence electrons. The molecule has 0 fully saturated rings. The molecule has 0 aliphatic rings. The van der Waals surface area contributed by atoms with Gasteiger partial charge in [-0.3, -0.25) is 4.79 Å². The summed E-state index contributed by atoms with van der Waals surface area (Å²) in [5, 5.41) is 0. The lowest BCUT2D eigenvalue weighted by Gasteiger charge is -2.21. The predicted octanol–water partition coefficient (Wildman–Crippen LogP) is 1.54. The van der Waals surface area contributed by atoms with Gasteiger partial charge in [-0.2, -0.15) is 0 Å². The Morgan fingerprint density at radius 3 is 2.40 bits per heavy atom. The molecule has 0 saturated heterocycles. The topological polar surface area (TPSA) is 48.4 Å². The van der Waals surface area contributed by atoms with E-state index in [1.165, 1.54) is 7.11 Å². The Morgan fingerprint density at radius 1 is 1.33 bits per heavy atom. The second kappa shape index (κ2) is 4.29. The van der Waals surface area contributed by atoms with Gasteiger partial charge < -0.3 is 9.47 Å². The van der Waals surface area contributed by atoms with Crippen LogP contribution in [0, 0.1) is 0 Å². The molecule has 0 bridgehead atoms. The summed E-state index contributed by atoms with van der Waals surface area (Å²) in [5.41, 5.74) is 0.115. The first kappa shape index (κ1) is 11.5. The molecule has 1 aromatic heterocycles. The highest BCUT2D eigenvalue weighted by atomic mass is 16.5. The Hall–Kier alpha value is -1.58. The van der Waals surface area contributed by atoms with Gasteiger partial charge in [-0.25, -0.2) is 4.98 Å². The van der Waals surface area contributed by atoms with Gasteiger partial charge in [-0.1, -0.05) is 6.07 Å². The number of aromatic nitrogens is 1. The number of carbonyl (C=O) groups excluding carboxylic acids is 1. The fourth-order valence-electron chi connectivity index (χ4n) is 1.24. The van der Waals surface area contributed by atoms with Crippen molar-refractivity contribution in [3.63, 3.8) is 0 Å². The van der Waals surface area contributed by atoms with Gasteiger partial charge in [0.05, 0.1) is 19.6 Å². The summed E-state index contributed by atoms with van der Waals surface area (Å²) < 4.78 is 9.67. The van der Waals surface area contributed by atoms with Crippen LogP contribution in [0.15, 0.2) is 18.3 Å². The third kappa shape index (κ3) is 2.26. The maximum Gasteiger partial charge on any atom is 0.315 e. The van der Waals surface area contributed by atoms with Crippen molar-refractivity contribution >= 4 is 5.97 Å². The summed E-state index contributed by atoms with van der Waals surface area (Å²) >= 11 is 0. The molecule has 1 rings (SSSR count). The fourth-order valence-corrected chi connectivity index (χ4v) is 1.24. The zero-order valence-electron chi connectivity index (χ0n) is 9.40. The van der Waals surface area contributed by atoms with Crippen LogP contribution >= 0.6 is 0 Å². The largest absolute Gasteiger partial charge is 0.481 e. The van der Waals surface area contributed by atoms with Gasteiger partial charge in [0.25, 0.3) is 0 Å². The first-order valence-electron chi connectivity index (χ1n) is 4.61. The van der Waals surface area contributed by atoms with Crippen molar-refractivity contribution in [2.45, 2.75) is 19.3 Å². The molecule has 0 unspecified atom stereocenters. The Kier molecular flexibility index (Phi) is 3.29. The summed E-state index contributed by atoms with van der Waals surface area (Å²) in [6.45, 7) is 3.59. The number of methoxy groups -OCH3 is 2. The molecule has 0 atom stereocenters. The molecule has 0 aliphatic carbocycles. The first-order valence-corrected chi connectivity index (χ1v) is 4.61. The van der Waals surface area contributed by atoms with Crippen molar-refractivity contribution in [1.29, 1.82) is 0 Å². The average Bonchev–Trinajstić information content (AvgIpc) is 2.28. The summed E-state index contributed by atoms with van der Waals surface area (Å²) in [6, 6.07) is 3.53. The molecule has 0 aliphatic heterocycles. The number of ether oxygens (including phenoxy) is 2. The lowest BCUT2D eigenvalue weighted by molar-refractivity contribution is -0.146. The Bertz CT molecular complexity index is 343. The number of hydrogen-bond donors (Lipinski definition) is 0. The highest BCUT2D eigenvalue weighted by molar-refractivity contribution is 5.81. The van der Waals surface area contributed by atoms with Crippen LogP contribution in [0.2, 0.25) is 0 Å². The number of esters is 1. The molecular formula is C11H15NO3. The van der Waals surface area contributed by atoms with E-state index in [0.717, 1.165) is 5.56 Å². The van der Waals surface area contributed by atoms with Crippen molar-refractivity contribution in [2.75, 3.05) is 14.2 Å². The van der Waals surface area contributed by atoms with E-state index in [1.807, 2.05) is 6.07 Å². The molecule has 1 aromatic rings. The van der Waals surface area contributed by atoms with Gasteiger partial charge in [-0.15, -0.1) is 0 Å². The van der Waals surface area contributed by atoms with Crippen LogP contribution < -0.4 is 4.74 Å². The van der Waals surface area contributed by atoms with E-state index in [-0.39, 0.29) is 5.97 Å². The number of pyridine rings is 1. The fraction of sp³-hybridized carbons (Fsp3) is 0.455. The van der Waals surface area contributed by atoms with Gasteiger partial charge in [0, 0.05) is 12.3 Å². The van der Waals surface area contributed by atoms with E-state index < -0.39 is 5.41 Å². The van der Waals surface area contributed by atoms with Crippen LogP contribution in [0.5, 0.6) is 5.88 Å². The normalized spacial score (nSPS) is 10.9. The minimum atomic E-state index is -0.686. The van der Waals surface area contributed by atoms with E-state index >= 15 is 0 Å². The predicted molar refractivity (Wildman–Crippen MR) is 55.8 cm³/mol. The molecule has 0 amide bonds. The Morgan fingerprint density at radius 2 is 2.00 bits per heavy atom. The van der Waals surface area contributed by atoms with Crippen LogP contribution in [-0.4, -0.2) is 25.2 Å². The van der Waals surface area contributed by atoms with E-state index in [2.05, 4.69) is 4.98 Å². The zero-order valence-corrected chi connectivity index (χ0v) is 9.40. The highest BCUT2D eigenvalue weighted by Gasteiger charge is 2.31. The molecule has 0 saturated carbocycles. The summed E-state index contributed by atoms with van der Waals surface area (Å²) in [7, 11) is 2.93. The van der Waals surface area contributed by atoms with Gasteiger partial charge >= 0.3 is 5.97 Å². The minimum absolute atomic E-state index is 0.283. The van der Waals surface area contributed by atoms with E-state index in [9.17, 15) is 4.79 Å². The zero-order chi connectivity index (χ0) is 11.5. The molecule has 0 N–H and O–H groups in total. The van der Waals surface area contributed by atoms with Gasteiger partial charge in [0.1, 0.15) is 0 Å². The van der Waals surface area contributed by atoms with Crippen LogP contribution in [0.1, 0.15) is 19.4 Å². The Balaban J connectivity index is 3.00. The van der Waals surface area contributed by atoms with Gasteiger partial charge in [0.2, 0.25) is 5.88 Å². The maximum absolute atomic E-state index is 11.5. The number of carbonyl (C=O) groups is 1. The minimum Gasteiger partial charge on any atom is -0.481 e. The summed E-state index contributed by atoms with van der Waals surface area (Å²) in [4.78, 5) is 15.6. The number of rotatable bonds is 3. The van der Waals surface area contributed by atoms with Crippen LogP contribution in [-0.2, 0) is 14.9 Å². The van der Waals surface area contributed by atoms with Crippen LogP contribution in [0.3, 0.4) is 0 Å². The van der Waals surface area contributed by atoms with Crippen molar-refractivity contribution in [1.82, 2.24) is 4.98 Å². The third-order valence-electron chi connectivity index (χ3n) is 2.36. The molecule has 4 nitrogen and oxygen atoms in total. The van der Waals surface area contributed by atoms with Gasteiger partial charge in [0.15, 0.2) is 0 Å². The van der Waals surface area contributed by atoms with E-state index in [0.29, 0.717) is 5.88 Å². The van der Waals surface area contributed by atoms with Crippen molar-refractivity contribution < 1.29 is 14.3 Å². The highest BCUT2D eigenvalue weighted by Crippen LogP contribution is 2.24. The average molecular weight is 209 g/mol. The third-order valence-corrected chi connectivity index (χ3v) is 2.36. The summed E-state index contributed by atoms with van der Waals surface area (Å²) in [5.74, 6) is 0.244. The molecule has 0 spiro atoms. The molecule has 0 aromatic carbocycles. The first-order chi connectivity index (χ1) is 7.02. The van der Waals surface area contributed by atoms with Crippen molar-refractivity contribution in [2.24, 2.45) is 0 Å². The molecule has 0 radical (unpaired) electrons. The van der Waals surface area contributed by atoms with Gasteiger partial charge in [-0.05, 0) is 19.4 Å². The number of nitrogens with zero attached hydrogens (tertiary/aromatic N) is 1. The SMILES string of the molecule is COC(=O)C(C)(C)c1ccc(OC)nc1. The smallest absolute Gasteiger partial charge is 0.315 e. The molecule has 4 heteroatoms. The monoisotopic (exact) mass is 209 g/mol. The summed E-state index contributed by atoms with van der Waals surface area (Å²) in [6.07, 6.45) is 1.62. The second-order valence-corrected chi connectivity index (χ2v) is 3.71. The van der Waals surface area contributed by atoms with E-state index in [1.54, 1.807) is 33.2 Å². The standard InChI is InChI=1S/C11H15NO3/c1-11(2,10(13)15-4)8-5-6-9(14-3)12-7-8/h5-7H,1-4H3. The van der Waals surface area contributed by atoms with E-state index in [4.69, 9.17) is 9.47 Å². The van der Waals surface area contributed by atoms with Crippen LogP contribution in [0.4, 0.5) is 0 Å². The number of hydrogen-bond acceptors (Lipinski definition) is 4. The van der Waals surface area contributed by atoms with Crippen molar-refractivity contribution in [3.8, 4) is 5.88 Å². The van der Waals surface area contributed by atoms with Crippen molar-refractivity contribution in [3.05, 3.63) is 23.9 Å². The lowest BCUT2D eigenvalue weighted by Crippen LogP contribution is -2.30. The lowest BCUT2D eigenvalue weighted by atomic mass is 9.86. The molecule has 15 heavy (non-hydrogen) atoms.